The van der Waals surface area contributed by atoms with Crippen LogP contribution in [-0.4, -0.2) is 33.9 Å². The van der Waals surface area contributed by atoms with Crippen molar-refractivity contribution in [3.63, 3.8) is 0 Å². The van der Waals surface area contributed by atoms with Gasteiger partial charge in [0, 0.05) is 19.3 Å². The van der Waals surface area contributed by atoms with Gasteiger partial charge in [0.15, 0.2) is 5.13 Å². The van der Waals surface area contributed by atoms with E-state index < -0.39 is 0 Å². The Morgan fingerprint density at radius 2 is 2.05 bits per heavy atom. The molecule has 112 valence electrons. The van der Waals surface area contributed by atoms with Gasteiger partial charge < -0.3 is 10.6 Å². The minimum absolute atomic E-state index is 0.224. The number of aromatic nitrogens is 3. The largest absolute Gasteiger partial charge is 0.360 e. The summed E-state index contributed by atoms with van der Waals surface area (Å²) in [6.07, 6.45) is 3.06. The molecular formula is C15H15N5OS. The normalized spacial score (nSPS) is 10.6. The van der Waals surface area contributed by atoms with Crippen LogP contribution in [0, 0.1) is 6.92 Å². The summed E-state index contributed by atoms with van der Waals surface area (Å²) >= 11 is 1.60. The molecule has 0 atom stereocenters. The molecule has 0 spiro atoms. The lowest BCUT2D eigenvalue weighted by Crippen LogP contribution is -2.29. The molecule has 22 heavy (non-hydrogen) atoms. The number of nitrogens with zero attached hydrogens (tertiary/aromatic N) is 3. The topological polar surface area (TPSA) is 79.8 Å². The summed E-state index contributed by atoms with van der Waals surface area (Å²) in [5.41, 5.74) is 2.09. The molecule has 0 bridgehead atoms. The second-order valence-corrected chi connectivity index (χ2v) is 5.74. The highest BCUT2D eigenvalue weighted by molar-refractivity contribution is 7.22. The van der Waals surface area contributed by atoms with E-state index in [-0.39, 0.29) is 5.91 Å². The summed E-state index contributed by atoms with van der Waals surface area (Å²) in [6, 6.07) is 7.98. The summed E-state index contributed by atoms with van der Waals surface area (Å²) in [7, 11) is 0. The Balaban J connectivity index is 1.49. The Morgan fingerprint density at radius 3 is 2.82 bits per heavy atom. The van der Waals surface area contributed by atoms with Crippen LogP contribution in [0.25, 0.3) is 10.2 Å². The van der Waals surface area contributed by atoms with Gasteiger partial charge in [-0.2, -0.15) is 0 Å². The van der Waals surface area contributed by atoms with E-state index in [1.165, 1.54) is 6.20 Å². The predicted octanol–water partition coefficient (Wildman–Crippen LogP) is 2.24. The fourth-order valence-electron chi connectivity index (χ4n) is 1.89. The first-order chi connectivity index (χ1) is 10.7. The molecule has 6 nitrogen and oxygen atoms in total. The van der Waals surface area contributed by atoms with Gasteiger partial charge >= 0.3 is 0 Å². The van der Waals surface area contributed by atoms with Crippen molar-refractivity contribution in [2.45, 2.75) is 6.92 Å². The molecule has 7 heteroatoms. The fraction of sp³-hybridized carbons (Fsp3) is 0.200. The number of benzene rings is 1. The van der Waals surface area contributed by atoms with Gasteiger partial charge in [0.25, 0.3) is 5.91 Å². The van der Waals surface area contributed by atoms with Crippen LogP contribution in [0.4, 0.5) is 5.13 Å². The summed E-state index contributed by atoms with van der Waals surface area (Å²) in [5.74, 6) is -0.224. The molecule has 2 aromatic heterocycles. The number of hydrogen-bond acceptors (Lipinski definition) is 6. The third kappa shape index (κ3) is 3.37. The number of para-hydroxylation sites is 1. The Kier molecular flexibility index (Phi) is 4.24. The van der Waals surface area contributed by atoms with Crippen molar-refractivity contribution in [3.05, 3.63) is 48.0 Å². The van der Waals surface area contributed by atoms with Gasteiger partial charge in [-0.1, -0.05) is 23.5 Å². The maximum atomic E-state index is 11.9. The third-order valence-electron chi connectivity index (χ3n) is 2.99. The molecular weight excluding hydrogens is 298 g/mol. The van der Waals surface area contributed by atoms with Gasteiger partial charge in [0.2, 0.25) is 0 Å². The van der Waals surface area contributed by atoms with Crippen molar-refractivity contribution in [2.75, 3.05) is 18.4 Å². The molecule has 3 rings (SSSR count). The first-order valence-electron chi connectivity index (χ1n) is 6.89. The number of thiazole rings is 1. The number of rotatable bonds is 5. The molecule has 0 saturated heterocycles. The highest BCUT2D eigenvalue weighted by atomic mass is 32.1. The molecule has 1 amide bonds. The van der Waals surface area contributed by atoms with Crippen molar-refractivity contribution >= 4 is 32.6 Å². The molecule has 1 aromatic carbocycles. The minimum atomic E-state index is -0.224. The van der Waals surface area contributed by atoms with E-state index in [1.54, 1.807) is 17.5 Å². The van der Waals surface area contributed by atoms with Gasteiger partial charge in [-0.05, 0) is 19.1 Å². The highest BCUT2D eigenvalue weighted by Crippen LogP contribution is 2.24. The van der Waals surface area contributed by atoms with Gasteiger partial charge in [0.1, 0.15) is 5.69 Å². The molecule has 0 unspecified atom stereocenters. The Bertz CT molecular complexity index is 751. The number of carbonyl (C=O) groups is 1. The van der Waals surface area contributed by atoms with E-state index in [9.17, 15) is 4.79 Å². The second kappa shape index (κ2) is 6.48. The number of nitrogens with one attached hydrogen (secondary N) is 2. The van der Waals surface area contributed by atoms with Crippen molar-refractivity contribution in [1.29, 1.82) is 0 Å². The van der Waals surface area contributed by atoms with Gasteiger partial charge in [-0.3, -0.25) is 9.78 Å². The van der Waals surface area contributed by atoms with Crippen LogP contribution in [0.3, 0.4) is 0 Å². The number of aryl methyl sites for hydroxylation is 1. The summed E-state index contributed by atoms with van der Waals surface area (Å²) < 4.78 is 1.14. The highest BCUT2D eigenvalue weighted by Gasteiger charge is 2.07. The van der Waals surface area contributed by atoms with Crippen molar-refractivity contribution in [1.82, 2.24) is 20.3 Å². The quantitative estimate of drug-likeness (QED) is 0.706. The van der Waals surface area contributed by atoms with E-state index in [1.807, 2.05) is 31.2 Å². The Hall–Kier alpha value is -2.54. The van der Waals surface area contributed by atoms with Crippen LogP contribution in [0.15, 0.2) is 36.7 Å². The molecule has 0 aliphatic carbocycles. The smallest absolute Gasteiger partial charge is 0.271 e. The van der Waals surface area contributed by atoms with E-state index in [0.717, 1.165) is 21.0 Å². The lowest BCUT2D eigenvalue weighted by atomic mass is 10.3. The van der Waals surface area contributed by atoms with E-state index in [2.05, 4.69) is 25.6 Å². The minimum Gasteiger partial charge on any atom is -0.360 e. The maximum Gasteiger partial charge on any atom is 0.271 e. The molecule has 0 radical (unpaired) electrons. The van der Waals surface area contributed by atoms with E-state index in [0.29, 0.717) is 18.8 Å². The van der Waals surface area contributed by atoms with Crippen LogP contribution in [0.1, 0.15) is 16.2 Å². The van der Waals surface area contributed by atoms with Crippen LogP contribution in [-0.2, 0) is 0 Å². The SMILES string of the molecule is Cc1cnc(C(=O)NCCNc2nc3ccccc3s2)cn1. The number of hydrogen-bond donors (Lipinski definition) is 2. The maximum absolute atomic E-state index is 11.9. The lowest BCUT2D eigenvalue weighted by molar-refractivity contribution is 0.0950. The third-order valence-corrected chi connectivity index (χ3v) is 3.99. The fourth-order valence-corrected chi connectivity index (χ4v) is 2.79. The van der Waals surface area contributed by atoms with E-state index in [4.69, 9.17) is 0 Å². The number of carbonyl (C=O) groups excluding carboxylic acids is 1. The number of fused-ring (bicyclic) bond motifs is 1. The van der Waals surface area contributed by atoms with Crippen LogP contribution < -0.4 is 10.6 Å². The van der Waals surface area contributed by atoms with Gasteiger partial charge in [-0.25, -0.2) is 9.97 Å². The zero-order valence-electron chi connectivity index (χ0n) is 12.0. The molecule has 0 fully saturated rings. The predicted molar refractivity (Wildman–Crippen MR) is 87.2 cm³/mol. The summed E-state index contributed by atoms with van der Waals surface area (Å²) in [5, 5.41) is 6.85. The van der Waals surface area contributed by atoms with Crippen LogP contribution in [0.5, 0.6) is 0 Å². The van der Waals surface area contributed by atoms with Crippen LogP contribution >= 0.6 is 11.3 Å². The van der Waals surface area contributed by atoms with Crippen LogP contribution in [0.2, 0.25) is 0 Å². The average molecular weight is 313 g/mol. The summed E-state index contributed by atoms with van der Waals surface area (Å²) in [6.45, 7) is 2.92. The van der Waals surface area contributed by atoms with Crippen molar-refractivity contribution < 1.29 is 4.79 Å². The lowest BCUT2D eigenvalue weighted by Gasteiger charge is -2.05. The molecule has 2 N–H and O–H groups in total. The Labute approximate surface area is 131 Å². The first-order valence-corrected chi connectivity index (χ1v) is 7.70. The average Bonchev–Trinajstić information content (AvgIpc) is 2.95. The van der Waals surface area contributed by atoms with Crippen molar-refractivity contribution in [3.8, 4) is 0 Å². The molecule has 0 aliphatic rings. The standard InChI is InChI=1S/C15H15N5OS/c1-10-8-19-12(9-18-10)14(21)16-6-7-17-15-20-11-4-2-3-5-13(11)22-15/h2-5,8-9H,6-7H2,1H3,(H,16,21)(H,17,20). The monoisotopic (exact) mass is 313 g/mol. The second-order valence-electron chi connectivity index (χ2n) is 4.71. The summed E-state index contributed by atoms with van der Waals surface area (Å²) in [4.78, 5) is 24.4. The number of amides is 1. The molecule has 3 aromatic rings. The molecule has 0 aliphatic heterocycles. The molecule has 2 heterocycles. The van der Waals surface area contributed by atoms with Gasteiger partial charge in [-0.15, -0.1) is 0 Å². The molecule has 0 saturated carbocycles. The van der Waals surface area contributed by atoms with E-state index >= 15 is 0 Å². The van der Waals surface area contributed by atoms with Gasteiger partial charge in [0.05, 0.1) is 22.1 Å². The zero-order valence-corrected chi connectivity index (χ0v) is 12.9. The van der Waals surface area contributed by atoms with Crippen molar-refractivity contribution in [2.24, 2.45) is 0 Å². The Morgan fingerprint density at radius 1 is 1.18 bits per heavy atom. The zero-order chi connectivity index (χ0) is 15.4. The first kappa shape index (κ1) is 14.4. The number of anilines is 1.